The molecule has 1 N–H and O–H groups in total. The molecule has 0 saturated carbocycles. The fraction of sp³-hybridized carbons (Fsp3) is 0.188. The summed E-state index contributed by atoms with van der Waals surface area (Å²) in [7, 11) is 2.99. The number of benzene rings is 2. The van der Waals surface area contributed by atoms with E-state index in [-0.39, 0.29) is 6.03 Å². The minimum absolute atomic E-state index is 0.338. The molecule has 0 unspecified atom stereocenters. The molecule has 0 aliphatic heterocycles. The van der Waals surface area contributed by atoms with Crippen LogP contribution in [0.25, 0.3) is 0 Å². The van der Waals surface area contributed by atoms with Crippen molar-refractivity contribution in [3.63, 3.8) is 0 Å². The number of anilines is 1. The second-order valence-corrected chi connectivity index (χ2v) is 4.30. The van der Waals surface area contributed by atoms with Gasteiger partial charge in [0.15, 0.2) is 0 Å². The smallest absolute Gasteiger partial charge is 0.345 e. The number of nitrogens with zero attached hydrogens (tertiary/aromatic N) is 1. The van der Waals surface area contributed by atoms with Gasteiger partial charge in [-0.25, -0.2) is 4.79 Å². The Kier molecular flexibility index (Phi) is 5.17. The Balaban J connectivity index is 2.00. The highest BCUT2D eigenvalue weighted by molar-refractivity contribution is 5.89. The van der Waals surface area contributed by atoms with E-state index < -0.39 is 0 Å². The molecule has 110 valence electrons. The zero-order chi connectivity index (χ0) is 15.1. The second-order valence-electron chi connectivity index (χ2n) is 4.30. The van der Waals surface area contributed by atoms with Crippen LogP contribution in [0.1, 0.15) is 5.56 Å². The lowest BCUT2D eigenvalue weighted by atomic mass is 10.2. The monoisotopic (exact) mass is 286 g/mol. The van der Waals surface area contributed by atoms with Crippen LogP contribution in [0.2, 0.25) is 0 Å². The minimum Gasteiger partial charge on any atom is -0.489 e. The second kappa shape index (κ2) is 7.31. The molecule has 0 spiro atoms. The van der Waals surface area contributed by atoms with Gasteiger partial charge in [-0.2, -0.15) is 5.06 Å². The van der Waals surface area contributed by atoms with Gasteiger partial charge in [-0.1, -0.05) is 30.3 Å². The summed E-state index contributed by atoms with van der Waals surface area (Å²) in [5.41, 5.74) is 1.73. The molecule has 0 radical (unpaired) electrons. The maximum atomic E-state index is 11.6. The molecular formula is C16H18N2O3. The minimum atomic E-state index is -0.338. The molecule has 0 saturated heterocycles. The SMILES string of the molecule is CNC(=O)N(OC)c1ccc(OCc2ccccc2)cc1. The molecule has 0 atom stereocenters. The molecule has 0 aliphatic rings. The van der Waals surface area contributed by atoms with Crippen molar-refractivity contribution in [2.45, 2.75) is 6.61 Å². The predicted molar refractivity (Wildman–Crippen MR) is 81.2 cm³/mol. The highest BCUT2D eigenvalue weighted by Gasteiger charge is 2.13. The lowest BCUT2D eigenvalue weighted by molar-refractivity contribution is 0.164. The van der Waals surface area contributed by atoms with Gasteiger partial charge >= 0.3 is 6.03 Å². The Bertz CT molecular complexity index is 570. The van der Waals surface area contributed by atoms with Crippen molar-refractivity contribution in [3.05, 3.63) is 60.2 Å². The van der Waals surface area contributed by atoms with Crippen LogP contribution in [0.5, 0.6) is 5.75 Å². The maximum absolute atomic E-state index is 11.6. The molecule has 0 bridgehead atoms. The fourth-order valence-corrected chi connectivity index (χ4v) is 1.83. The summed E-state index contributed by atoms with van der Waals surface area (Å²) in [6.45, 7) is 0.504. The molecule has 2 aromatic carbocycles. The Morgan fingerprint density at radius 3 is 2.33 bits per heavy atom. The first-order chi connectivity index (χ1) is 10.2. The fourth-order valence-electron chi connectivity index (χ4n) is 1.83. The van der Waals surface area contributed by atoms with E-state index in [1.165, 1.54) is 12.2 Å². The van der Waals surface area contributed by atoms with Gasteiger partial charge in [0.1, 0.15) is 12.4 Å². The van der Waals surface area contributed by atoms with E-state index in [9.17, 15) is 4.79 Å². The van der Waals surface area contributed by atoms with Crippen LogP contribution in [-0.4, -0.2) is 20.2 Å². The van der Waals surface area contributed by atoms with E-state index in [0.717, 1.165) is 11.3 Å². The third-order valence-electron chi connectivity index (χ3n) is 2.90. The zero-order valence-corrected chi connectivity index (χ0v) is 12.1. The first-order valence-electron chi connectivity index (χ1n) is 6.57. The predicted octanol–water partition coefficient (Wildman–Crippen LogP) is 2.97. The van der Waals surface area contributed by atoms with Gasteiger partial charge in [-0.05, 0) is 29.8 Å². The normalized spacial score (nSPS) is 10.0. The number of amides is 2. The number of nitrogens with one attached hydrogen (secondary N) is 1. The van der Waals surface area contributed by atoms with Crippen molar-refractivity contribution in [1.82, 2.24) is 5.32 Å². The zero-order valence-electron chi connectivity index (χ0n) is 12.1. The largest absolute Gasteiger partial charge is 0.489 e. The standard InChI is InChI=1S/C16H18N2O3/c1-17-16(19)18(20-2)14-8-10-15(11-9-14)21-12-13-6-4-3-5-7-13/h3-11H,12H2,1-2H3,(H,17,19). The van der Waals surface area contributed by atoms with E-state index in [4.69, 9.17) is 9.57 Å². The molecule has 0 heterocycles. The highest BCUT2D eigenvalue weighted by atomic mass is 16.7. The first-order valence-corrected chi connectivity index (χ1v) is 6.57. The number of hydrogen-bond donors (Lipinski definition) is 1. The molecule has 2 amide bonds. The van der Waals surface area contributed by atoms with Crippen LogP contribution < -0.4 is 15.1 Å². The lowest BCUT2D eigenvalue weighted by Crippen LogP contribution is -2.37. The van der Waals surface area contributed by atoms with Crippen LogP contribution in [0.15, 0.2) is 54.6 Å². The van der Waals surface area contributed by atoms with Crippen molar-refractivity contribution in [2.75, 3.05) is 19.2 Å². The molecule has 5 nitrogen and oxygen atoms in total. The molecule has 2 aromatic rings. The van der Waals surface area contributed by atoms with E-state index in [0.29, 0.717) is 12.3 Å². The van der Waals surface area contributed by atoms with Crippen LogP contribution in [0.3, 0.4) is 0 Å². The van der Waals surface area contributed by atoms with Crippen molar-refractivity contribution in [3.8, 4) is 5.75 Å². The van der Waals surface area contributed by atoms with Crippen LogP contribution in [0.4, 0.5) is 10.5 Å². The lowest BCUT2D eigenvalue weighted by Gasteiger charge is -2.19. The highest BCUT2D eigenvalue weighted by Crippen LogP contribution is 2.20. The first kappa shape index (κ1) is 14.9. The van der Waals surface area contributed by atoms with Crippen LogP contribution in [0, 0.1) is 0 Å². The summed E-state index contributed by atoms with van der Waals surface area (Å²) in [5.74, 6) is 0.732. The van der Waals surface area contributed by atoms with Crippen molar-refractivity contribution < 1.29 is 14.4 Å². The molecule has 0 aromatic heterocycles. The number of hydrogen-bond acceptors (Lipinski definition) is 3. The van der Waals surface area contributed by atoms with Gasteiger partial charge in [0, 0.05) is 7.05 Å². The third-order valence-corrected chi connectivity index (χ3v) is 2.90. The van der Waals surface area contributed by atoms with Crippen molar-refractivity contribution in [2.24, 2.45) is 0 Å². The number of carbonyl (C=O) groups is 1. The summed E-state index contributed by atoms with van der Waals surface area (Å²) in [6, 6.07) is 16.7. The van der Waals surface area contributed by atoms with Gasteiger partial charge in [0.05, 0.1) is 12.8 Å². The van der Waals surface area contributed by atoms with E-state index in [1.807, 2.05) is 30.3 Å². The summed E-state index contributed by atoms with van der Waals surface area (Å²) in [4.78, 5) is 16.6. The number of rotatable bonds is 5. The summed E-state index contributed by atoms with van der Waals surface area (Å²) in [5, 5.41) is 3.67. The Morgan fingerprint density at radius 2 is 1.76 bits per heavy atom. The topological polar surface area (TPSA) is 50.8 Å². The third kappa shape index (κ3) is 3.97. The van der Waals surface area contributed by atoms with Crippen molar-refractivity contribution in [1.29, 1.82) is 0 Å². The molecule has 21 heavy (non-hydrogen) atoms. The molecule has 2 rings (SSSR count). The van der Waals surface area contributed by atoms with Gasteiger partial charge in [-0.3, -0.25) is 4.84 Å². The number of hydroxylamine groups is 1. The molecule has 0 fully saturated rings. The molecule has 5 heteroatoms. The maximum Gasteiger partial charge on any atom is 0.345 e. The number of ether oxygens (including phenoxy) is 1. The van der Waals surface area contributed by atoms with Gasteiger partial charge < -0.3 is 10.1 Å². The molecule has 0 aliphatic carbocycles. The number of urea groups is 1. The number of carbonyl (C=O) groups excluding carboxylic acids is 1. The van der Waals surface area contributed by atoms with E-state index in [2.05, 4.69) is 5.32 Å². The van der Waals surface area contributed by atoms with E-state index in [1.54, 1.807) is 31.3 Å². The summed E-state index contributed by atoms with van der Waals surface area (Å²) < 4.78 is 5.69. The van der Waals surface area contributed by atoms with Crippen molar-refractivity contribution >= 4 is 11.7 Å². The summed E-state index contributed by atoms with van der Waals surface area (Å²) >= 11 is 0. The van der Waals surface area contributed by atoms with Gasteiger partial charge in [0.2, 0.25) is 0 Å². The summed E-state index contributed by atoms with van der Waals surface area (Å²) in [6.07, 6.45) is 0. The van der Waals surface area contributed by atoms with Gasteiger partial charge in [0.25, 0.3) is 0 Å². The Hall–Kier alpha value is -2.53. The Labute approximate surface area is 124 Å². The van der Waals surface area contributed by atoms with E-state index >= 15 is 0 Å². The van der Waals surface area contributed by atoms with Crippen LogP contribution in [-0.2, 0) is 11.4 Å². The van der Waals surface area contributed by atoms with Crippen LogP contribution >= 0.6 is 0 Å². The average molecular weight is 286 g/mol. The average Bonchev–Trinajstić information content (AvgIpc) is 2.55. The van der Waals surface area contributed by atoms with Gasteiger partial charge in [-0.15, -0.1) is 0 Å². The Morgan fingerprint density at radius 1 is 1.10 bits per heavy atom. The molecular weight excluding hydrogens is 268 g/mol. The quantitative estimate of drug-likeness (QED) is 0.860.